The van der Waals surface area contributed by atoms with Gasteiger partial charge in [0.25, 0.3) is 5.91 Å². The summed E-state index contributed by atoms with van der Waals surface area (Å²) >= 11 is 11.9. The maximum atomic E-state index is 12.7. The van der Waals surface area contributed by atoms with Gasteiger partial charge in [-0.25, -0.2) is 4.79 Å². The highest BCUT2D eigenvalue weighted by atomic mass is 35.5. The molecule has 1 aromatic carbocycles. The molecule has 2 aromatic rings. The minimum absolute atomic E-state index is 0.0856. The lowest BCUT2D eigenvalue weighted by atomic mass is 9.91. The molecule has 0 fully saturated rings. The van der Waals surface area contributed by atoms with Gasteiger partial charge in [0.1, 0.15) is 0 Å². The van der Waals surface area contributed by atoms with Gasteiger partial charge in [-0.05, 0) is 45.4 Å². The zero-order valence-corrected chi connectivity index (χ0v) is 15.8. The summed E-state index contributed by atoms with van der Waals surface area (Å²) in [4.78, 5) is 24.5. The third-order valence-electron chi connectivity index (χ3n) is 4.07. The summed E-state index contributed by atoms with van der Waals surface area (Å²) in [6, 6.07) is 4.53. The molecule has 0 aliphatic rings. The van der Waals surface area contributed by atoms with E-state index in [-0.39, 0.29) is 11.1 Å². The van der Waals surface area contributed by atoms with E-state index in [1.807, 2.05) is 13.8 Å². The maximum absolute atomic E-state index is 12.7. The molecule has 8 heteroatoms. The van der Waals surface area contributed by atoms with Crippen LogP contribution in [0.1, 0.15) is 48.4 Å². The summed E-state index contributed by atoms with van der Waals surface area (Å²) in [5, 5.41) is 17.0. The Morgan fingerprint density at radius 3 is 2.40 bits per heavy atom. The number of rotatable bonds is 5. The molecule has 1 amide bonds. The number of aromatic nitrogens is 2. The molecule has 1 aromatic heterocycles. The fourth-order valence-corrected chi connectivity index (χ4v) is 2.82. The predicted octanol–water partition coefficient (Wildman–Crippen LogP) is 3.81. The summed E-state index contributed by atoms with van der Waals surface area (Å²) in [6.45, 7) is 7.05. The SMILES string of the molecule is Cc1c(C(=O)NC(C)(C(=O)O)c2ccc(Cl)c(Cl)c2)cnn1C(C)C. The Kier molecular flexibility index (Phi) is 5.44. The van der Waals surface area contributed by atoms with Crippen LogP contribution in [0.5, 0.6) is 0 Å². The number of aliphatic carboxylic acids is 1. The Morgan fingerprint density at radius 1 is 1.28 bits per heavy atom. The van der Waals surface area contributed by atoms with Gasteiger partial charge in [0.15, 0.2) is 5.54 Å². The van der Waals surface area contributed by atoms with Gasteiger partial charge in [0, 0.05) is 11.7 Å². The fraction of sp³-hybridized carbons (Fsp3) is 0.353. The van der Waals surface area contributed by atoms with Crippen LogP contribution in [0.25, 0.3) is 0 Å². The van der Waals surface area contributed by atoms with Crippen LogP contribution in [0.4, 0.5) is 0 Å². The highest BCUT2D eigenvalue weighted by Gasteiger charge is 2.38. The molecule has 0 spiro atoms. The lowest BCUT2D eigenvalue weighted by molar-refractivity contribution is -0.144. The first kappa shape index (κ1) is 19.3. The number of benzene rings is 1. The van der Waals surface area contributed by atoms with E-state index in [1.165, 1.54) is 31.3 Å². The van der Waals surface area contributed by atoms with Crippen molar-refractivity contribution in [2.24, 2.45) is 0 Å². The first-order chi connectivity index (χ1) is 11.6. The van der Waals surface area contributed by atoms with Gasteiger partial charge in [-0.1, -0.05) is 29.3 Å². The highest BCUT2D eigenvalue weighted by Crippen LogP contribution is 2.29. The number of carboxylic acid groups (broad SMARTS) is 1. The smallest absolute Gasteiger partial charge is 0.333 e. The van der Waals surface area contributed by atoms with E-state index in [1.54, 1.807) is 11.6 Å². The molecular weight excluding hydrogens is 365 g/mol. The van der Waals surface area contributed by atoms with Crippen LogP contribution >= 0.6 is 23.2 Å². The first-order valence-corrected chi connectivity index (χ1v) is 8.39. The number of carbonyl (C=O) groups is 2. The van der Waals surface area contributed by atoms with Crippen molar-refractivity contribution in [3.05, 3.63) is 51.3 Å². The van der Waals surface area contributed by atoms with Gasteiger partial charge < -0.3 is 10.4 Å². The number of carbonyl (C=O) groups excluding carboxylic acids is 1. The fourth-order valence-electron chi connectivity index (χ4n) is 2.52. The average molecular weight is 384 g/mol. The normalized spacial score (nSPS) is 13.6. The van der Waals surface area contributed by atoms with Gasteiger partial charge in [-0.15, -0.1) is 0 Å². The Labute approximate surface area is 155 Å². The van der Waals surface area contributed by atoms with E-state index in [2.05, 4.69) is 10.4 Å². The number of hydrogen-bond acceptors (Lipinski definition) is 3. The number of amides is 1. The summed E-state index contributed by atoms with van der Waals surface area (Å²) in [6.07, 6.45) is 1.43. The molecule has 0 radical (unpaired) electrons. The van der Waals surface area contributed by atoms with Crippen LogP contribution < -0.4 is 5.32 Å². The molecule has 25 heavy (non-hydrogen) atoms. The van der Waals surface area contributed by atoms with E-state index in [0.29, 0.717) is 21.8 Å². The van der Waals surface area contributed by atoms with Gasteiger partial charge in [-0.2, -0.15) is 5.10 Å². The summed E-state index contributed by atoms with van der Waals surface area (Å²) in [7, 11) is 0. The van der Waals surface area contributed by atoms with Crippen molar-refractivity contribution in [2.45, 2.75) is 39.3 Å². The van der Waals surface area contributed by atoms with Crippen LogP contribution in [-0.4, -0.2) is 26.8 Å². The average Bonchev–Trinajstić information content (AvgIpc) is 2.91. The van der Waals surface area contributed by atoms with Gasteiger partial charge >= 0.3 is 5.97 Å². The molecule has 0 saturated carbocycles. The third-order valence-corrected chi connectivity index (χ3v) is 4.81. The second kappa shape index (κ2) is 7.06. The van der Waals surface area contributed by atoms with Crippen LogP contribution in [-0.2, 0) is 10.3 Å². The molecule has 2 rings (SSSR count). The molecule has 0 bridgehead atoms. The topological polar surface area (TPSA) is 84.2 Å². The molecule has 1 unspecified atom stereocenters. The number of halogens is 2. The second-order valence-electron chi connectivity index (χ2n) is 6.20. The second-order valence-corrected chi connectivity index (χ2v) is 7.01. The Bertz CT molecular complexity index is 833. The Hall–Kier alpha value is -2.05. The molecule has 0 saturated heterocycles. The molecule has 0 aliphatic carbocycles. The van der Waals surface area contributed by atoms with E-state index in [4.69, 9.17) is 23.2 Å². The standard InChI is InChI=1S/C17H19Cl2N3O3/c1-9(2)22-10(3)12(8-20-22)15(23)21-17(4,16(24)25)11-5-6-13(18)14(19)7-11/h5-9H,1-4H3,(H,21,23)(H,24,25). The Balaban J connectivity index is 2.40. The lowest BCUT2D eigenvalue weighted by Crippen LogP contribution is -2.49. The summed E-state index contributed by atoms with van der Waals surface area (Å²) in [5.41, 5.74) is -0.371. The van der Waals surface area contributed by atoms with E-state index < -0.39 is 17.4 Å². The zero-order valence-electron chi connectivity index (χ0n) is 14.3. The van der Waals surface area contributed by atoms with E-state index >= 15 is 0 Å². The number of nitrogens with one attached hydrogen (secondary N) is 1. The van der Waals surface area contributed by atoms with Crippen molar-refractivity contribution < 1.29 is 14.7 Å². The molecule has 0 aliphatic heterocycles. The summed E-state index contributed by atoms with van der Waals surface area (Å²) < 4.78 is 1.70. The lowest BCUT2D eigenvalue weighted by Gasteiger charge is -2.27. The van der Waals surface area contributed by atoms with Crippen molar-refractivity contribution in [1.82, 2.24) is 15.1 Å². The maximum Gasteiger partial charge on any atom is 0.333 e. The van der Waals surface area contributed by atoms with Gasteiger partial charge in [0.2, 0.25) is 0 Å². The number of nitrogens with zero attached hydrogens (tertiary/aromatic N) is 2. The Morgan fingerprint density at radius 2 is 1.92 bits per heavy atom. The van der Waals surface area contributed by atoms with Crippen molar-refractivity contribution in [3.63, 3.8) is 0 Å². The van der Waals surface area contributed by atoms with E-state index in [9.17, 15) is 14.7 Å². The summed E-state index contributed by atoms with van der Waals surface area (Å²) in [5.74, 6) is -1.74. The molecule has 6 nitrogen and oxygen atoms in total. The molecule has 1 heterocycles. The number of carboxylic acids is 1. The van der Waals surface area contributed by atoms with Crippen molar-refractivity contribution in [3.8, 4) is 0 Å². The quantitative estimate of drug-likeness (QED) is 0.821. The highest BCUT2D eigenvalue weighted by molar-refractivity contribution is 6.42. The monoisotopic (exact) mass is 383 g/mol. The van der Waals surface area contributed by atoms with Crippen LogP contribution in [0.15, 0.2) is 24.4 Å². The predicted molar refractivity (Wildman–Crippen MR) is 96.3 cm³/mol. The van der Waals surface area contributed by atoms with Crippen molar-refractivity contribution >= 4 is 35.1 Å². The number of hydrogen-bond donors (Lipinski definition) is 2. The van der Waals surface area contributed by atoms with E-state index in [0.717, 1.165) is 0 Å². The zero-order chi connectivity index (χ0) is 18.9. The van der Waals surface area contributed by atoms with Crippen LogP contribution in [0, 0.1) is 6.92 Å². The molecular formula is C17H19Cl2N3O3. The third kappa shape index (κ3) is 3.65. The van der Waals surface area contributed by atoms with Crippen LogP contribution in [0.3, 0.4) is 0 Å². The first-order valence-electron chi connectivity index (χ1n) is 7.63. The molecule has 1 atom stereocenters. The molecule has 134 valence electrons. The minimum Gasteiger partial charge on any atom is -0.479 e. The van der Waals surface area contributed by atoms with Gasteiger partial charge in [-0.3, -0.25) is 9.48 Å². The molecule has 2 N–H and O–H groups in total. The van der Waals surface area contributed by atoms with Crippen molar-refractivity contribution in [1.29, 1.82) is 0 Å². The van der Waals surface area contributed by atoms with Gasteiger partial charge in [0.05, 0.1) is 21.8 Å². The van der Waals surface area contributed by atoms with Crippen LogP contribution in [0.2, 0.25) is 10.0 Å². The minimum atomic E-state index is -1.67. The van der Waals surface area contributed by atoms with Crippen molar-refractivity contribution in [2.75, 3.05) is 0 Å². The largest absolute Gasteiger partial charge is 0.479 e.